The lowest BCUT2D eigenvalue weighted by atomic mass is 9.97. The molecule has 0 aliphatic heterocycles. The van der Waals surface area contributed by atoms with Gasteiger partial charge in [0.15, 0.2) is 5.76 Å². The molecule has 1 aliphatic carbocycles. The Labute approximate surface area is 157 Å². The van der Waals surface area contributed by atoms with Gasteiger partial charge in [0.05, 0.1) is 0 Å². The first kappa shape index (κ1) is 19.6. The fourth-order valence-electron chi connectivity index (χ4n) is 3.60. The molecule has 0 fully saturated rings. The van der Waals surface area contributed by atoms with E-state index >= 15 is 0 Å². The normalized spacial score (nSPS) is 14.5. The van der Waals surface area contributed by atoms with Crippen molar-refractivity contribution in [3.8, 4) is 0 Å². The van der Waals surface area contributed by atoms with E-state index < -0.39 is 15.7 Å². The minimum atomic E-state index is -3.71. The molecule has 2 aromatic heterocycles. The lowest BCUT2D eigenvalue weighted by Gasteiger charge is -2.21. The largest absolute Gasteiger partial charge is 0.360 e. The van der Waals surface area contributed by atoms with E-state index in [1.807, 2.05) is 0 Å². The zero-order chi connectivity index (χ0) is 19.8. The number of H-pyrrole nitrogens is 1. The van der Waals surface area contributed by atoms with E-state index in [1.165, 1.54) is 11.4 Å². The molecular weight excluding hydrogens is 372 g/mol. The van der Waals surface area contributed by atoms with Gasteiger partial charge in [-0.25, -0.2) is 17.5 Å². The average molecular weight is 396 g/mol. The fourth-order valence-corrected chi connectivity index (χ4v) is 5.09. The number of fused-ring (bicyclic) bond motifs is 1. The SMILES string of the molecule is Cc1noc(C)c1S(=O)(=O)N(C)CCCn1c2c(c(=O)[nH]c1=O)CCCC2. The molecule has 0 saturated heterocycles. The third-order valence-corrected chi connectivity index (χ3v) is 7.10. The van der Waals surface area contributed by atoms with Gasteiger partial charge in [0.2, 0.25) is 10.0 Å². The lowest BCUT2D eigenvalue weighted by Crippen LogP contribution is -2.37. The molecule has 1 aliphatic rings. The first-order valence-electron chi connectivity index (χ1n) is 8.97. The lowest BCUT2D eigenvalue weighted by molar-refractivity contribution is 0.389. The fraction of sp³-hybridized carbons (Fsp3) is 0.588. The molecule has 0 atom stereocenters. The number of aromatic nitrogens is 3. The van der Waals surface area contributed by atoms with Crippen LogP contribution in [0.2, 0.25) is 0 Å². The van der Waals surface area contributed by atoms with Gasteiger partial charge in [0.25, 0.3) is 5.56 Å². The van der Waals surface area contributed by atoms with Gasteiger partial charge < -0.3 is 4.52 Å². The van der Waals surface area contributed by atoms with Gasteiger partial charge in [-0.05, 0) is 46.0 Å². The summed E-state index contributed by atoms with van der Waals surface area (Å²) in [6, 6.07) is 0. The van der Waals surface area contributed by atoms with E-state index in [0.29, 0.717) is 37.1 Å². The smallest absolute Gasteiger partial charge is 0.328 e. The highest BCUT2D eigenvalue weighted by molar-refractivity contribution is 7.89. The van der Waals surface area contributed by atoms with E-state index in [9.17, 15) is 18.0 Å². The van der Waals surface area contributed by atoms with E-state index in [1.54, 1.807) is 18.4 Å². The molecule has 1 N–H and O–H groups in total. The van der Waals surface area contributed by atoms with Crippen LogP contribution in [0.15, 0.2) is 19.0 Å². The van der Waals surface area contributed by atoms with Crippen molar-refractivity contribution in [2.24, 2.45) is 0 Å². The van der Waals surface area contributed by atoms with Crippen molar-refractivity contribution in [3.63, 3.8) is 0 Å². The van der Waals surface area contributed by atoms with Crippen LogP contribution in [0.3, 0.4) is 0 Å². The zero-order valence-electron chi connectivity index (χ0n) is 15.7. The number of aromatic amines is 1. The van der Waals surface area contributed by atoms with Crippen LogP contribution in [-0.4, -0.2) is 41.0 Å². The Morgan fingerprint density at radius 3 is 2.59 bits per heavy atom. The number of hydrogen-bond donors (Lipinski definition) is 1. The van der Waals surface area contributed by atoms with Gasteiger partial charge in [-0.3, -0.25) is 14.3 Å². The summed E-state index contributed by atoms with van der Waals surface area (Å²) in [4.78, 5) is 26.6. The van der Waals surface area contributed by atoms with Crippen molar-refractivity contribution in [2.45, 2.75) is 57.4 Å². The molecule has 0 unspecified atom stereocenters. The van der Waals surface area contributed by atoms with Gasteiger partial charge in [-0.1, -0.05) is 5.16 Å². The summed E-state index contributed by atoms with van der Waals surface area (Å²) in [5.41, 5.74) is 1.05. The van der Waals surface area contributed by atoms with Crippen LogP contribution in [0.25, 0.3) is 0 Å². The summed E-state index contributed by atoms with van der Waals surface area (Å²) in [6.07, 6.45) is 3.69. The van der Waals surface area contributed by atoms with Crippen molar-refractivity contribution in [1.82, 2.24) is 19.0 Å². The van der Waals surface area contributed by atoms with Crippen molar-refractivity contribution < 1.29 is 12.9 Å². The van der Waals surface area contributed by atoms with Crippen LogP contribution >= 0.6 is 0 Å². The summed E-state index contributed by atoms with van der Waals surface area (Å²) in [7, 11) is -2.22. The Bertz CT molecular complexity index is 1040. The van der Waals surface area contributed by atoms with Crippen LogP contribution < -0.4 is 11.2 Å². The van der Waals surface area contributed by atoms with Crippen molar-refractivity contribution in [1.29, 1.82) is 0 Å². The highest BCUT2D eigenvalue weighted by Crippen LogP contribution is 2.22. The maximum absolute atomic E-state index is 12.7. The summed E-state index contributed by atoms with van der Waals surface area (Å²) in [5, 5.41) is 3.70. The highest BCUT2D eigenvalue weighted by atomic mass is 32.2. The molecule has 2 heterocycles. The van der Waals surface area contributed by atoms with Crippen LogP contribution in [-0.2, 0) is 29.4 Å². The molecule has 2 aromatic rings. The Morgan fingerprint density at radius 1 is 1.22 bits per heavy atom. The molecule has 9 nitrogen and oxygen atoms in total. The molecule has 27 heavy (non-hydrogen) atoms. The van der Waals surface area contributed by atoms with Crippen molar-refractivity contribution in [3.05, 3.63) is 43.5 Å². The van der Waals surface area contributed by atoms with Gasteiger partial charge in [0.1, 0.15) is 10.6 Å². The molecule has 0 saturated carbocycles. The first-order chi connectivity index (χ1) is 12.7. The number of sulfonamides is 1. The quantitative estimate of drug-likeness (QED) is 0.769. The average Bonchev–Trinajstić information content (AvgIpc) is 2.96. The van der Waals surface area contributed by atoms with Gasteiger partial charge in [-0.2, -0.15) is 0 Å². The maximum Gasteiger partial charge on any atom is 0.328 e. The second kappa shape index (κ2) is 7.43. The topological polar surface area (TPSA) is 118 Å². The minimum absolute atomic E-state index is 0.0867. The van der Waals surface area contributed by atoms with E-state index in [2.05, 4.69) is 10.1 Å². The monoisotopic (exact) mass is 396 g/mol. The van der Waals surface area contributed by atoms with Crippen LogP contribution in [0.1, 0.15) is 42.0 Å². The molecule has 148 valence electrons. The molecule has 0 bridgehead atoms. The van der Waals surface area contributed by atoms with E-state index in [-0.39, 0.29) is 22.8 Å². The molecular formula is C17H24N4O5S. The third kappa shape index (κ3) is 3.63. The number of nitrogens with one attached hydrogen (secondary N) is 1. The predicted octanol–water partition coefficient (Wildman–Crippen LogP) is 0.731. The van der Waals surface area contributed by atoms with Gasteiger partial charge in [0, 0.05) is 31.4 Å². The van der Waals surface area contributed by atoms with Crippen molar-refractivity contribution >= 4 is 10.0 Å². The number of hydrogen-bond acceptors (Lipinski definition) is 6. The van der Waals surface area contributed by atoms with E-state index in [0.717, 1.165) is 18.5 Å². The third-order valence-electron chi connectivity index (χ3n) is 5.00. The molecule has 3 rings (SSSR count). The molecule has 0 amide bonds. The second-order valence-corrected chi connectivity index (χ2v) is 8.86. The maximum atomic E-state index is 12.7. The molecule has 0 spiro atoms. The molecule has 10 heteroatoms. The number of aryl methyl sites for hydroxylation is 2. The Morgan fingerprint density at radius 2 is 1.93 bits per heavy atom. The predicted molar refractivity (Wildman–Crippen MR) is 98.4 cm³/mol. The second-order valence-electron chi connectivity index (χ2n) is 6.88. The molecule has 0 aromatic carbocycles. The van der Waals surface area contributed by atoms with Crippen LogP contribution in [0.5, 0.6) is 0 Å². The van der Waals surface area contributed by atoms with Gasteiger partial charge in [-0.15, -0.1) is 0 Å². The summed E-state index contributed by atoms with van der Waals surface area (Å²) >= 11 is 0. The summed E-state index contributed by atoms with van der Waals surface area (Å²) in [5.74, 6) is 0.255. The Hall–Kier alpha value is -2.20. The number of rotatable bonds is 6. The van der Waals surface area contributed by atoms with E-state index in [4.69, 9.17) is 4.52 Å². The van der Waals surface area contributed by atoms with Crippen LogP contribution in [0, 0.1) is 13.8 Å². The zero-order valence-corrected chi connectivity index (χ0v) is 16.6. The van der Waals surface area contributed by atoms with Gasteiger partial charge >= 0.3 is 5.69 Å². The Balaban J connectivity index is 1.76. The van der Waals surface area contributed by atoms with Crippen LogP contribution in [0.4, 0.5) is 0 Å². The summed E-state index contributed by atoms with van der Waals surface area (Å²) < 4.78 is 33.2. The molecule has 0 radical (unpaired) electrons. The number of nitrogens with zero attached hydrogens (tertiary/aromatic N) is 3. The standard InChI is InChI=1S/C17H24N4O5S/c1-11-15(12(2)26-19-11)27(24,25)20(3)9-6-10-21-14-8-5-4-7-13(14)16(22)18-17(21)23/h4-10H2,1-3H3,(H,18,22,23). The van der Waals surface area contributed by atoms with Crippen molar-refractivity contribution in [2.75, 3.05) is 13.6 Å². The highest BCUT2D eigenvalue weighted by Gasteiger charge is 2.28. The first-order valence-corrected chi connectivity index (χ1v) is 10.4. The summed E-state index contributed by atoms with van der Waals surface area (Å²) in [6.45, 7) is 3.72. The minimum Gasteiger partial charge on any atom is -0.360 e. The Kier molecular flexibility index (Phi) is 5.38.